The lowest BCUT2D eigenvalue weighted by Gasteiger charge is -2.25. The number of aromatic nitrogens is 2. The van der Waals surface area contributed by atoms with Crippen LogP contribution in [0, 0.1) is 12.8 Å². The number of anilines is 1. The topological polar surface area (TPSA) is 59.0 Å². The number of rotatable bonds is 2. The van der Waals surface area contributed by atoms with Gasteiger partial charge in [-0.25, -0.2) is 4.68 Å². The lowest BCUT2D eigenvalue weighted by molar-refractivity contribution is -0.120. The molecule has 1 aromatic rings. The van der Waals surface area contributed by atoms with Gasteiger partial charge in [0.25, 0.3) is 0 Å². The molecule has 2 N–H and O–H groups in total. The van der Waals surface area contributed by atoms with Gasteiger partial charge < -0.3 is 10.6 Å². The molecule has 0 aliphatic carbocycles. The average molecular weight is 264 g/mol. The molecule has 2 rings (SSSR count). The molecule has 1 aliphatic rings. The SMILES string of the molecule is Cc1cc(NC(=O)C2CCNCC2)n(C(C)(C)C)n1. The first-order chi connectivity index (χ1) is 8.88. The van der Waals surface area contributed by atoms with Crippen LogP contribution in [0.2, 0.25) is 0 Å². The van der Waals surface area contributed by atoms with Crippen LogP contribution in [0.5, 0.6) is 0 Å². The van der Waals surface area contributed by atoms with Gasteiger partial charge in [0.15, 0.2) is 0 Å². The minimum atomic E-state index is -0.134. The summed E-state index contributed by atoms with van der Waals surface area (Å²) in [5, 5.41) is 10.8. The Morgan fingerprint density at radius 2 is 2.05 bits per heavy atom. The summed E-state index contributed by atoms with van der Waals surface area (Å²) in [6.45, 7) is 10.0. The van der Waals surface area contributed by atoms with E-state index in [0.717, 1.165) is 37.4 Å². The average Bonchev–Trinajstić information content (AvgIpc) is 2.71. The van der Waals surface area contributed by atoms with Crippen molar-refractivity contribution in [3.05, 3.63) is 11.8 Å². The fourth-order valence-electron chi connectivity index (χ4n) is 2.41. The van der Waals surface area contributed by atoms with E-state index in [9.17, 15) is 4.79 Å². The van der Waals surface area contributed by atoms with Gasteiger partial charge in [-0.15, -0.1) is 0 Å². The fourth-order valence-corrected chi connectivity index (χ4v) is 2.41. The summed E-state index contributed by atoms with van der Waals surface area (Å²) in [7, 11) is 0. The molecule has 2 heterocycles. The number of amides is 1. The standard InChI is InChI=1S/C14H24N4O/c1-10-9-12(18(17-10)14(2,3)4)16-13(19)11-5-7-15-8-6-11/h9,11,15H,5-8H2,1-4H3,(H,16,19). The number of aryl methyl sites for hydroxylation is 1. The highest BCUT2D eigenvalue weighted by Gasteiger charge is 2.24. The Bertz CT molecular complexity index is 453. The molecule has 0 bridgehead atoms. The number of hydrogen-bond acceptors (Lipinski definition) is 3. The molecule has 1 fully saturated rings. The molecule has 1 aromatic heterocycles. The minimum Gasteiger partial charge on any atom is -0.317 e. The highest BCUT2D eigenvalue weighted by molar-refractivity contribution is 5.91. The number of carbonyl (C=O) groups is 1. The van der Waals surface area contributed by atoms with E-state index in [1.165, 1.54) is 0 Å². The maximum Gasteiger partial charge on any atom is 0.228 e. The van der Waals surface area contributed by atoms with E-state index in [1.807, 2.05) is 17.7 Å². The van der Waals surface area contributed by atoms with Crippen molar-refractivity contribution in [2.24, 2.45) is 5.92 Å². The van der Waals surface area contributed by atoms with Gasteiger partial charge >= 0.3 is 0 Å². The van der Waals surface area contributed by atoms with Crippen LogP contribution in [-0.4, -0.2) is 28.8 Å². The van der Waals surface area contributed by atoms with E-state index in [4.69, 9.17) is 0 Å². The quantitative estimate of drug-likeness (QED) is 0.857. The molecule has 0 aromatic carbocycles. The van der Waals surface area contributed by atoms with Gasteiger partial charge in [0.05, 0.1) is 11.2 Å². The third kappa shape index (κ3) is 3.35. The molecule has 0 atom stereocenters. The molecular weight excluding hydrogens is 240 g/mol. The zero-order chi connectivity index (χ0) is 14.0. The minimum absolute atomic E-state index is 0.116. The van der Waals surface area contributed by atoms with Gasteiger partial charge in [-0.1, -0.05) is 0 Å². The Morgan fingerprint density at radius 3 is 2.63 bits per heavy atom. The number of hydrogen-bond donors (Lipinski definition) is 2. The van der Waals surface area contributed by atoms with Crippen molar-refractivity contribution in [3.8, 4) is 0 Å². The number of nitrogens with zero attached hydrogens (tertiary/aromatic N) is 2. The van der Waals surface area contributed by atoms with Gasteiger partial charge in [0.2, 0.25) is 5.91 Å². The second kappa shape index (κ2) is 5.33. The van der Waals surface area contributed by atoms with E-state index in [2.05, 4.69) is 36.5 Å². The summed E-state index contributed by atoms with van der Waals surface area (Å²) in [5.41, 5.74) is 0.792. The molecule has 0 spiro atoms. The summed E-state index contributed by atoms with van der Waals surface area (Å²) in [6, 6.07) is 1.93. The van der Waals surface area contributed by atoms with Crippen molar-refractivity contribution >= 4 is 11.7 Å². The zero-order valence-corrected chi connectivity index (χ0v) is 12.3. The van der Waals surface area contributed by atoms with Crippen molar-refractivity contribution in [1.29, 1.82) is 0 Å². The number of piperidine rings is 1. The molecule has 1 saturated heterocycles. The zero-order valence-electron chi connectivity index (χ0n) is 12.3. The van der Waals surface area contributed by atoms with Crippen LogP contribution in [0.25, 0.3) is 0 Å². The molecule has 1 amide bonds. The van der Waals surface area contributed by atoms with Crippen LogP contribution < -0.4 is 10.6 Å². The van der Waals surface area contributed by atoms with Crippen molar-refractivity contribution in [2.45, 2.75) is 46.1 Å². The second-order valence-electron chi connectivity index (χ2n) is 6.27. The van der Waals surface area contributed by atoms with Crippen molar-refractivity contribution in [2.75, 3.05) is 18.4 Å². The van der Waals surface area contributed by atoms with Crippen molar-refractivity contribution < 1.29 is 4.79 Å². The highest BCUT2D eigenvalue weighted by Crippen LogP contribution is 2.22. The Labute approximate surface area is 114 Å². The first-order valence-corrected chi connectivity index (χ1v) is 6.96. The van der Waals surface area contributed by atoms with E-state index in [0.29, 0.717) is 0 Å². The van der Waals surface area contributed by atoms with Crippen LogP contribution in [0.1, 0.15) is 39.3 Å². The highest BCUT2D eigenvalue weighted by atomic mass is 16.2. The molecule has 5 nitrogen and oxygen atoms in total. The van der Waals surface area contributed by atoms with Gasteiger partial charge in [0.1, 0.15) is 5.82 Å². The van der Waals surface area contributed by atoms with E-state index in [1.54, 1.807) is 0 Å². The number of carbonyl (C=O) groups excluding carboxylic acids is 1. The van der Waals surface area contributed by atoms with Crippen LogP contribution in [-0.2, 0) is 10.3 Å². The van der Waals surface area contributed by atoms with Crippen LogP contribution in [0.15, 0.2) is 6.07 Å². The molecule has 0 saturated carbocycles. The smallest absolute Gasteiger partial charge is 0.228 e. The summed E-state index contributed by atoms with van der Waals surface area (Å²) in [6.07, 6.45) is 1.82. The Hall–Kier alpha value is -1.36. The predicted octanol–water partition coefficient (Wildman–Crippen LogP) is 1.88. The van der Waals surface area contributed by atoms with E-state index >= 15 is 0 Å². The number of nitrogens with one attached hydrogen (secondary N) is 2. The molecule has 1 aliphatic heterocycles. The maximum atomic E-state index is 12.3. The van der Waals surface area contributed by atoms with E-state index in [-0.39, 0.29) is 17.4 Å². The van der Waals surface area contributed by atoms with Crippen LogP contribution >= 0.6 is 0 Å². The molecular formula is C14H24N4O. The second-order valence-corrected chi connectivity index (χ2v) is 6.27. The van der Waals surface area contributed by atoms with Gasteiger partial charge in [-0.3, -0.25) is 4.79 Å². The summed E-state index contributed by atoms with van der Waals surface area (Å²) in [5.74, 6) is 1.03. The Kier molecular flexibility index (Phi) is 3.94. The Morgan fingerprint density at radius 1 is 1.42 bits per heavy atom. The van der Waals surface area contributed by atoms with Gasteiger partial charge in [-0.05, 0) is 53.6 Å². The van der Waals surface area contributed by atoms with Crippen LogP contribution in [0.4, 0.5) is 5.82 Å². The maximum absolute atomic E-state index is 12.3. The predicted molar refractivity (Wildman–Crippen MR) is 76.2 cm³/mol. The van der Waals surface area contributed by atoms with Gasteiger partial charge in [-0.2, -0.15) is 5.10 Å². The Balaban J connectivity index is 2.12. The third-order valence-electron chi connectivity index (χ3n) is 3.43. The normalized spacial score (nSPS) is 17.5. The van der Waals surface area contributed by atoms with Crippen LogP contribution in [0.3, 0.4) is 0 Å². The van der Waals surface area contributed by atoms with Gasteiger partial charge in [0, 0.05) is 12.0 Å². The lowest BCUT2D eigenvalue weighted by atomic mass is 9.97. The molecule has 106 valence electrons. The molecule has 0 unspecified atom stereocenters. The fraction of sp³-hybridized carbons (Fsp3) is 0.714. The molecule has 5 heteroatoms. The lowest BCUT2D eigenvalue weighted by Crippen LogP contribution is -2.35. The largest absolute Gasteiger partial charge is 0.317 e. The summed E-state index contributed by atoms with van der Waals surface area (Å²) < 4.78 is 1.89. The third-order valence-corrected chi connectivity index (χ3v) is 3.43. The first-order valence-electron chi connectivity index (χ1n) is 6.96. The van der Waals surface area contributed by atoms with Crippen molar-refractivity contribution in [1.82, 2.24) is 15.1 Å². The summed E-state index contributed by atoms with van der Waals surface area (Å²) in [4.78, 5) is 12.3. The van der Waals surface area contributed by atoms with Crippen molar-refractivity contribution in [3.63, 3.8) is 0 Å². The molecule has 19 heavy (non-hydrogen) atoms. The molecule has 0 radical (unpaired) electrons. The monoisotopic (exact) mass is 264 g/mol. The summed E-state index contributed by atoms with van der Waals surface area (Å²) >= 11 is 0. The first kappa shape index (κ1) is 14.1. The van der Waals surface area contributed by atoms with E-state index < -0.39 is 0 Å².